The molecule has 3 rings (SSSR count). The van der Waals surface area contributed by atoms with Crippen molar-refractivity contribution in [2.24, 2.45) is 10.1 Å². The van der Waals surface area contributed by atoms with Crippen LogP contribution in [0.2, 0.25) is 0 Å². The van der Waals surface area contributed by atoms with Gasteiger partial charge in [-0.15, -0.1) is 0 Å². The fourth-order valence-electron chi connectivity index (χ4n) is 2.84. The van der Waals surface area contributed by atoms with Gasteiger partial charge in [-0.25, -0.2) is 4.99 Å². The van der Waals surface area contributed by atoms with Crippen molar-refractivity contribution in [2.45, 2.75) is 32.5 Å². The van der Waals surface area contributed by atoms with Crippen molar-refractivity contribution in [3.05, 3.63) is 11.8 Å². The van der Waals surface area contributed by atoms with Crippen LogP contribution in [0.1, 0.15) is 20.3 Å². The summed E-state index contributed by atoms with van der Waals surface area (Å²) in [6.45, 7) is 5.20. The molecule has 3 aliphatic rings. The molecule has 0 aromatic rings. The molecule has 3 aliphatic heterocycles. The molecule has 112 valence electrons. The highest BCUT2D eigenvalue weighted by Gasteiger charge is 2.42. The zero-order valence-electron chi connectivity index (χ0n) is 11.8. The SMILES string of the molecule is CC(=O)N[C@@H]1CCN(C2=CC(Cl)=N[N+]3=C(I)C(C)=NC23)C1. The van der Waals surface area contributed by atoms with Gasteiger partial charge >= 0.3 is 6.17 Å². The van der Waals surface area contributed by atoms with Crippen LogP contribution in [0.25, 0.3) is 0 Å². The number of likely N-dealkylation sites (tertiary alicyclic amines) is 1. The third-order valence-corrected chi connectivity index (χ3v) is 5.20. The molecule has 0 aromatic heterocycles. The van der Waals surface area contributed by atoms with Crippen LogP contribution in [0.15, 0.2) is 21.9 Å². The molecule has 2 atom stereocenters. The van der Waals surface area contributed by atoms with E-state index in [0.29, 0.717) is 5.17 Å². The fraction of sp³-hybridized carbons (Fsp3) is 0.538. The fourth-order valence-corrected chi connectivity index (χ4v) is 3.54. The molecular weight excluding hydrogens is 405 g/mol. The molecule has 0 aromatic carbocycles. The largest absolute Gasteiger partial charge is 0.365 e. The van der Waals surface area contributed by atoms with Crippen LogP contribution >= 0.6 is 34.2 Å². The Morgan fingerprint density at radius 3 is 3.10 bits per heavy atom. The van der Waals surface area contributed by atoms with E-state index in [9.17, 15) is 4.79 Å². The number of carbonyl (C=O) groups excluding carboxylic acids is 1. The zero-order valence-corrected chi connectivity index (χ0v) is 14.7. The van der Waals surface area contributed by atoms with Crippen molar-refractivity contribution in [3.63, 3.8) is 0 Å². The quantitative estimate of drug-likeness (QED) is 0.541. The predicted octanol–water partition coefficient (Wildman–Crippen LogP) is 1.29. The van der Waals surface area contributed by atoms with E-state index in [-0.39, 0.29) is 18.1 Å². The summed E-state index contributed by atoms with van der Waals surface area (Å²) < 4.78 is 2.86. The van der Waals surface area contributed by atoms with Crippen LogP contribution < -0.4 is 5.32 Å². The van der Waals surface area contributed by atoms with E-state index in [2.05, 4.69) is 42.9 Å². The molecule has 0 aliphatic carbocycles. The summed E-state index contributed by atoms with van der Waals surface area (Å²) in [6.07, 6.45) is 2.68. The lowest BCUT2D eigenvalue weighted by Crippen LogP contribution is -2.39. The highest BCUT2D eigenvalue weighted by molar-refractivity contribution is 14.1. The highest BCUT2D eigenvalue weighted by atomic mass is 127. The third-order valence-electron chi connectivity index (χ3n) is 3.74. The standard InChI is InChI=1S/C13H15ClIN5O/c1-7-12(15)20-13(16-7)10(5-11(14)18-20)19-4-3-9(6-19)17-8(2)21/h5,9,13H,3-4,6H2,1-2H3/p+1/t9-,13?/m1/s1. The number of amides is 1. The molecule has 1 amide bonds. The second kappa shape index (κ2) is 5.68. The molecule has 1 saturated heterocycles. The van der Waals surface area contributed by atoms with Crippen LogP contribution in [0.3, 0.4) is 0 Å². The second-order valence-corrected chi connectivity index (χ2v) is 6.76. The van der Waals surface area contributed by atoms with Gasteiger partial charge in [-0.05, 0) is 18.0 Å². The van der Waals surface area contributed by atoms with Crippen molar-refractivity contribution < 1.29 is 9.48 Å². The molecule has 0 bridgehead atoms. The van der Waals surface area contributed by atoms with E-state index in [1.165, 1.54) is 0 Å². The first-order valence-electron chi connectivity index (χ1n) is 6.80. The molecule has 0 spiro atoms. The minimum Gasteiger partial charge on any atom is -0.365 e. The van der Waals surface area contributed by atoms with Crippen molar-refractivity contribution in [1.82, 2.24) is 10.2 Å². The molecule has 6 nitrogen and oxygen atoms in total. The number of halogens is 2. The smallest absolute Gasteiger partial charge is 0.318 e. The summed E-state index contributed by atoms with van der Waals surface area (Å²) in [4.78, 5) is 18.1. The maximum Gasteiger partial charge on any atom is 0.318 e. The molecular formula is C13H16ClIN5O+. The number of hydrogen-bond acceptors (Lipinski definition) is 4. The molecule has 0 radical (unpaired) electrons. The lowest BCUT2D eigenvalue weighted by Gasteiger charge is -2.24. The Bertz CT molecular complexity index is 624. The van der Waals surface area contributed by atoms with Crippen molar-refractivity contribution in [1.29, 1.82) is 0 Å². The van der Waals surface area contributed by atoms with Crippen molar-refractivity contribution in [3.8, 4) is 0 Å². The van der Waals surface area contributed by atoms with E-state index in [4.69, 9.17) is 11.6 Å². The van der Waals surface area contributed by atoms with Crippen molar-refractivity contribution >= 4 is 54.7 Å². The summed E-state index contributed by atoms with van der Waals surface area (Å²) in [6, 6.07) is 0.184. The molecule has 21 heavy (non-hydrogen) atoms. The number of aliphatic imine (C=N–C) groups is 1. The third kappa shape index (κ3) is 2.85. The Morgan fingerprint density at radius 1 is 1.62 bits per heavy atom. The number of allylic oxidation sites excluding steroid dienone is 1. The van der Waals surface area contributed by atoms with Gasteiger partial charge in [0.2, 0.25) is 5.91 Å². The zero-order chi connectivity index (χ0) is 15.1. The lowest BCUT2D eigenvalue weighted by molar-refractivity contribution is -0.555. The van der Waals surface area contributed by atoms with E-state index in [1.807, 2.05) is 17.7 Å². The van der Waals surface area contributed by atoms with Crippen LogP contribution in [-0.4, -0.2) is 55.4 Å². The summed E-state index contributed by atoms with van der Waals surface area (Å²) in [5, 5.41) is 7.78. The van der Waals surface area contributed by atoms with Crippen LogP contribution in [0.4, 0.5) is 0 Å². The summed E-state index contributed by atoms with van der Waals surface area (Å²) in [5.41, 5.74) is 2.02. The van der Waals surface area contributed by atoms with Crippen LogP contribution in [0, 0.1) is 0 Å². The van der Waals surface area contributed by atoms with Gasteiger partial charge < -0.3 is 10.2 Å². The van der Waals surface area contributed by atoms with Gasteiger partial charge in [0, 0.05) is 59.8 Å². The minimum absolute atomic E-state index is 0.0123. The number of nitrogens with one attached hydrogen (secondary N) is 1. The van der Waals surface area contributed by atoms with Gasteiger partial charge in [-0.3, -0.25) is 4.79 Å². The van der Waals surface area contributed by atoms with E-state index in [1.54, 1.807) is 6.92 Å². The lowest BCUT2D eigenvalue weighted by atomic mass is 10.2. The monoisotopic (exact) mass is 420 g/mol. The Balaban J connectivity index is 1.83. The number of carbonyl (C=O) groups is 1. The number of hydrazone groups is 1. The van der Waals surface area contributed by atoms with E-state index in [0.717, 1.165) is 34.6 Å². The molecule has 0 saturated carbocycles. The average molecular weight is 421 g/mol. The minimum atomic E-state index is -0.129. The molecule has 1 fully saturated rings. The van der Waals surface area contributed by atoms with Crippen molar-refractivity contribution in [2.75, 3.05) is 13.1 Å². The van der Waals surface area contributed by atoms with Gasteiger partial charge in [0.05, 0.1) is 0 Å². The number of rotatable bonds is 2. The first-order valence-corrected chi connectivity index (χ1v) is 8.25. The maximum atomic E-state index is 11.2. The first-order chi connectivity index (χ1) is 9.95. The highest BCUT2D eigenvalue weighted by Crippen LogP contribution is 2.27. The molecule has 3 heterocycles. The Kier molecular flexibility index (Phi) is 4.04. The number of fused-ring (bicyclic) bond motifs is 1. The van der Waals surface area contributed by atoms with Gasteiger partial charge in [-0.1, -0.05) is 11.6 Å². The molecule has 8 heteroatoms. The van der Waals surface area contributed by atoms with Crippen LogP contribution in [0.5, 0.6) is 0 Å². The first kappa shape index (κ1) is 15.0. The normalized spacial score (nSPS) is 28.2. The Morgan fingerprint density at radius 2 is 2.38 bits per heavy atom. The topological polar surface area (TPSA) is 60.1 Å². The van der Waals surface area contributed by atoms with Gasteiger partial charge in [0.25, 0.3) is 3.72 Å². The summed E-state index contributed by atoms with van der Waals surface area (Å²) >= 11 is 8.40. The number of hydrogen-bond donors (Lipinski definition) is 1. The van der Waals surface area contributed by atoms with Gasteiger partial charge in [0.15, 0.2) is 5.17 Å². The predicted molar refractivity (Wildman–Crippen MR) is 91.4 cm³/mol. The Labute approximate surface area is 141 Å². The molecule has 1 N–H and O–H groups in total. The number of nitrogens with zero attached hydrogens (tertiary/aromatic N) is 4. The second-order valence-electron chi connectivity index (χ2n) is 5.35. The van der Waals surface area contributed by atoms with Gasteiger partial charge in [-0.2, -0.15) is 0 Å². The summed E-state index contributed by atoms with van der Waals surface area (Å²) in [5.74, 6) is 0.0123. The Hall–Kier alpha value is -0.960. The van der Waals surface area contributed by atoms with Crippen LogP contribution in [-0.2, 0) is 4.79 Å². The van der Waals surface area contributed by atoms with E-state index >= 15 is 0 Å². The molecule has 1 unspecified atom stereocenters. The summed E-state index contributed by atoms with van der Waals surface area (Å²) in [7, 11) is 0. The maximum absolute atomic E-state index is 11.2. The van der Waals surface area contributed by atoms with E-state index < -0.39 is 0 Å². The van der Waals surface area contributed by atoms with Gasteiger partial charge in [0.1, 0.15) is 11.4 Å². The average Bonchev–Trinajstić information content (AvgIpc) is 2.96.